The highest BCUT2D eigenvalue weighted by Gasteiger charge is 2.22. The van der Waals surface area contributed by atoms with E-state index in [2.05, 4.69) is 23.7 Å². The van der Waals surface area contributed by atoms with Gasteiger partial charge in [-0.3, -0.25) is 0 Å². The quantitative estimate of drug-likeness (QED) is 0.419. The molecule has 0 saturated carbocycles. The van der Waals surface area contributed by atoms with E-state index >= 15 is 0 Å². The Morgan fingerprint density at radius 3 is 1.25 bits per heavy atom. The van der Waals surface area contributed by atoms with Crippen molar-refractivity contribution in [2.45, 2.75) is 10.5 Å². The van der Waals surface area contributed by atoms with Crippen molar-refractivity contribution in [1.29, 1.82) is 0 Å². The molecule has 20 heavy (non-hydrogen) atoms. The smallest absolute Gasteiger partial charge is 0.0548 e. The SMILES string of the molecule is C#CCSCC(SCC#C)C(CSCC#C)SCC#C. The molecule has 0 N–H and O–H groups in total. The van der Waals surface area contributed by atoms with E-state index in [1.54, 1.807) is 23.5 Å². The lowest BCUT2D eigenvalue weighted by Gasteiger charge is -2.24. The van der Waals surface area contributed by atoms with Crippen LogP contribution in [0, 0.1) is 49.4 Å². The van der Waals surface area contributed by atoms with Crippen LogP contribution in [0.1, 0.15) is 0 Å². The molecule has 0 aromatic rings. The Kier molecular flexibility index (Phi) is 14.8. The van der Waals surface area contributed by atoms with E-state index in [0.717, 1.165) is 23.0 Å². The summed E-state index contributed by atoms with van der Waals surface area (Å²) in [4.78, 5) is 0. The fraction of sp³-hybridized carbons (Fsp3) is 0.500. The van der Waals surface area contributed by atoms with Crippen LogP contribution < -0.4 is 0 Å². The number of rotatable bonds is 11. The fourth-order valence-electron chi connectivity index (χ4n) is 1.30. The van der Waals surface area contributed by atoms with Crippen molar-refractivity contribution < 1.29 is 0 Å². The van der Waals surface area contributed by atoms with Crippen LogP contribution in [0.2, 0.25) is 0 Å². The molecule has 2 atom stereocenters. The zero-order valence-corrected chi connectivity index (χ0v) is 14.6. The van der Waals surface area contributed by atoms with Gasteiger partial charge in [-0.05, 0) is 0 Å². The van der Waals surface area contributed by atoms with E-state index < -0.39 is 0 Å². The number of hydrogen-bond donors (Lipinski definition) is 0. The van der Waals surface area contributed by atoms with E-state index in [-0.39, 0.29) is 0 Å². The van der Waals surface area contributed by atoms with Gasteiger partial charge in [-0.15, -0.1) is 72.7 Å². The molecule has 0 aromatic heterocycles. The summed E-state index contributed by atoms with van der Waals surface area (Å²) in [5, 5.41) is 0.904. The van der Waals surface area contributed by atoms with Crippen LogP contribution in [0.15, 0.2) is 0 Å². The molecule has 0 saturated heterocycles. The summed E-state index contributed by atoms with van der Waals surface area (Å²) in [7, 11) is 0. The highest BCUT2D eigenvalue weighted by molar-refractivity contribution is 8.06. The first-order valence-electron chi connectivity index (χ1n) is 5.92. The van der Waals surface area contributed by atoms with Gasteiger partial charge in [0.2, 0.25) is 0 Å². The number of thioether (sulfide) groups is 4. The second-order valence-corrected chi connectivity index (χ2v) is 8.06. The molecule has 0 amide bonds. The monoisotopic (exact) mass is 338 g/mol. The van der Waals surface area contributed by atoms with Crippen molar-refractivity contribution in [3.05, 3.63) is 0 Å². The minimum Gasteiger partial charge on any atom is -0.148 e. The van der Waals surface area contributed by atoms with Crippen LogP contribution in [0.4, 0.5) is 0 Å². The van der Waals surface area contributed by atoms with Crippen LogP contribution in [-0.2, 0) is 0 Å². The van der Waals surface area contributed by atoms with Crippen LogP contribution >= 0.6 is 47.0 Å². The third-order valence-electron chi connectivity index (χ3n) is 2.11. The van der Waals surface area contributed by atoms with Gasteiger partial charge in [-0.1, -0.05) is 23.7 Å². The zero-order valence-electron chi connectivity index (χ0n) is 11.3. The maximum atomic E-state index is 5.37. The predicted octanol–water partition coefficient (Wildman–Crippen LogP) is 3.19. The molecule has 0 nitrogen and oxygen atoms in total. The first-order valence-corrected chi connectivity index (χ1v) is 10.3. The summed E-state index contributed by atoms with van der Waals surface area (Å²) in [6.45, 7) is 0. The lowest BCUT2D eigenvalue weighted by atomic mass is 10.3. The molecule has 0 aliphatic carbocycles. The molecule has 106 valence electrons. The molecular formula is C16H18S4. The Morgan fingerprint density at radius 2 is 0.950 bits per heavy atom. The van der Waals surface area contributed by atoms with Crippen molar-refractivity contribution in [2.75, 3.05) is 34.5 Å². The van der Waals surface area contributed by atoms with Gasteiger partial charge < -0.3 is 0 Å². The predicted molar refractivity (Wildman–Crippen MR) is 102 cm³/mol. The van der Waals surface area contributed by atoms with Gasteiger partial charge in [-0.25, -0.2) is 0 Å². The Hall–Kier alpha value is -0.360. The average molecular weight is 339 g/mol. The largest absolute Gasteiger partial charge is 0.148 e. The maximum Gasteiger partial charge on any atom is 0.0548 e. The number of hydrogen-bond acceptors (Lipinski definition) is 4. The highest BCUT2D eigenvalue weighted by atomic mass is 32.2. The lowest BCUT2D eigenvalue weighted by molar-refractivity contribution is 0.952. The molecule has 0 rings (SSSR count). The van der Waals surface area contributed by atoms with Crippen molar-refractivity contribution >= 4 is 47.0 Å². The fourth-order valence-corrected chi connectivity index (χ4v) is 6.01. The van der Waals surface area contributed by atoms with Crippen molar-refractivity contribution in [2.24, 2.45) is 0 Å². The molecule has 0 spiro atoms. The van der Waals surface area contributed by atoms with E-state index in [0.29, 0.717) is 22.0 Å². The van der Waals surface area contributed by atoms with Crippen LogP contribution in [0.3, 0.4) is 0 Å². The minimum atomic E-state index is 0.452. The topological polar surface area (TPSA) is 0 Å². The summed E-state index contributed by atoms with van der Waals surface area (Å²) in [6.07, 6.45) is 21.3. The Morgan fingerprint density at radius 1 is 0.600 bits per heavy atom. The van der Waals surface area contributed by atoms with E-state index in [9.17, 15) is 0 Å². The molecule has 0 radical (unpaired) electrons. The minimum absolute atomic E-state index is 0.452. The molecule has 0 fully saturated rings. The standard InChI is InChI=1S/C16H18S4/c1-5-9-17-13-15(19-11-7-3)16(20-12-8-4)14-18-10-6-2/h1-4,15-16H,9-14H2. The zero-order chi connectivity index (χ0) is 15.1. The third kappa shape index (κ3) is 10.4. The lowest BCUT2D eigenvalue weighted by Crippen LogP contribution is -2.26. The van der Waals surface area contributed by atoms with E-state index in [1.165, 1.54) is 0 Å². The van der Waals surface area contributed by atoms with Crippen molar-refractivity contribution in [1.82, 2.24) is 0 Å². The first kappa shape index (κ1) is 19.6. The molecule has 4 heteroatoms. The van der Waals surface area contributed by atoms with Gasteiger partial charge in [0.1, 0.15) is 0 Å². The summed E-state index contributed by atoms with van der Waals surface area (Å²) < 4.78 is 0. The molecule has 0 aliphatic rings. The van der Waals surface area contributed by atoms with Gasteiger partial charge in [0.15, 0.2) is 0 Å². The molecule has 2 unspecified atom stereocenters. The third-order valence-corrected chi connectivity index (χ3v) is 7.15. The van der Waals surface area contributed by atoms with Crippen molar-refractivity contribution in [3.8, 4) is 49.4 Å². The molecule has 0 aliphatic heterocycles. The Labute approximate surface area is 141 Å². The summed E-state index contributed by atoms with van der Waals surface area (Å²) in [5.41, 5.74) is 0. The molecule has 0 bridgehead atoms. The molecule has 0 aromatic carbocycles. The van der Waals surface area contributed by atoms with Gasteiger partial charge in [-0.2, -0.15) is 0 Å². The van der Waals surface area contributed by atoms with Gasteiger partial charge in [0, 0.05) is 22.0 Å². The molecular weight excluding hydrogens is 320 g/mol. The Balaban J connectivity index is 4.51. The second kappa shape index (κ2) is 15.0. The van der Waals surface area contributed by atoms with E-state index in [1.807, 2.05) is 23.5 Å². The van der Waals surface area contributed by atoms with Gasteiger partial charge in [0.25, 0.3) is 0 Å². The van der Waals surface area contributed by atoms with Gasteiger partial charge >= 0.3 is 0 Å². The maximum absolute atomic E-state index is 5.37. The van der Waals surface area contributed by atoms with Gasteiger partial charge in [0.05, 0.1) is 23.0 Å². The molecule has 0 heterocycles. The average Bonchev–Trinajstić information content (AvgIpc) is 2.47. The second-order valence-electron chi connectivity index (χ2n) is 3.55. The van der Waals surface area contributed by atoms with Crippen LogP contribution in [0.25, 0.3) is 0 Å². The highest BCUT2D eigenvalue weighted by Crippen LogP contribution is 2.30. The van der Waals surface area contributed by atoms with E-state index in [4.69, 9.17) is 25.7 Å². The summed E-state index contributed by atoms with van der Waals surface area (Å²) in [6, 6.07) is 0. The summed E-state index contributed by atoms with van der Waals surface area (Å²) >= 11 is 7.16. The summed E-state index contributed by atoms with van der Waals surface area (Å²) in [5.74, 6) is 15.6. The van der Waals surface area contributed by atoms with Crippen LogP contribution in [-0.4, -0.2) is 45.0 Å². The van der Waals surface area contributed by atoms with Crippen LogP contribution in [0.5, 0.6) is 0 Å². The number of terminal acetylenes is 4. The first-order chi connectivity index (χ1) is 9.79. The Bertz CT molecular complexity index is 362. The normalized spacial score (nSPS) is 12.4. The van der Waals surface area contributed by atoms with Crippen molar-refractivity contribution in [3.63, 3.8) is 0 Å².